The van der Waals surface area contributed by atoms with Crippen LogP contribution in [0.3, 0.4) is 0 Å². The molecule has 1 atom stereocenters. The molecule has 0 heterocycles. The lowest BCUT2D eigenvalue weighted by atomic mass is 9.82. The summed E-state index contributed by atoms with van der Waals surface area (Å²) in [5.41, 5.74) is -0.859. The Labute approximate surface area is 105 Å². The zero-order chi connectivity index (χ0) is 12.9. The van der Waals surface area contributed by atoms with Gasteiger partial charge in [0.1, 0.15) is 5.41 Å². The summed E-state index contributed by atoms with van der Waals surface area (Å²) in [7, 11) is 0. The molecule has 0 aromatic heterocycles. The molecule has 1 aliphatic rings. The number of hydrogen-bond donors (Lipinski definition) is 1. The Hall–Kier alpha value is -1.04. The molecule has 3 nitrogen and oxygen atoms in total. The average Bonchev–Trinajstić information content (AvgIpc) is 2.36. The first-order valence-corrected chi connectivity index (χ1v) is 6.71. The van der Waals surface area contributed by atoms with Crippen molar-refractivity contribution in [3.63, 3.8) is 0 Å². The fraction of sp³-hybridized carbons (Fsp3) is 0.857. The summed E-state index contributed by atoms with van der Waals surface area (Å²) >= 11 is 0. The first-order valence-electron chi connectivity index (χ1n) is 6.71. The van der Waals surface area contributed by atoms with Crippen molar-refractivity contribution in [1.29, 1.82) is 5.26 Å². The van der Waals surface area contributed by atoms with Crippen LogP contribution in [-0.4, -0.2) is 12.5 Å². The van der Waals surface area contributed by atoms with Gasteiger partial charge < -0.3 is 5.32 Å². The van der Waals surface area contributed by atoms with E-state index in [9.17, 15) is 4.79 Å². The molecule has 0 spiro atoms. The molecule has 0 aromatic carbocycles. The van der Waals surface area contributed by atoms with Crippen molar-refractivity contribution in [2.45, 2.75) is 52.9 Å². The van der Waals surface area contributed by atoms with Gasteiger partial charge in [0, 0.05) is 6.54 Å². The smallest absolute Gasteiger partial charge is 0.240 e. The quantitative estimate of drug-likeness (QED) is 0.816. The van der Waals surface area contributed by atoms with Crippen LogP contribution in [0.5, 0.6) is 0 Å². The van der Waals surface area contributed by atoms with Gasteiger partial charge >= 0.3 is 0 Å². The van der Waals surface area contributed by atoms with Crippen LogP contribution in [0.4, 0.5) is 0 Å². The molecule has 96 valence electrons. The van der Waals surface area contributed by atoms with Gasteiger partial charge in [0.05, 0.1) is 6.07 Å². The number of carbonyl (C=O) groups excluding carboxylic acids is 1. The van der Waals surface area contributed by atoms with E-state index >= 15 is 0 Å². The zero-order valence-corrected chi connectivity index (χ0v) is 11.3. The summed E-state index contributed by atoms with van der Waals surface area (Å²) in [5, 5.41) is 12.0. The number of hydrogen-bond acceptors (Lipinski definition) is 2. The highest BCUT2D eigenvalue weighted by Gasteiger charge is 2.31. The third-order valence-electron chi connectivity index (χ3n) is 4.14. The van der Waals surface area contributed by atoms with Crippen LogP contribution in [0.1, 0.15) is 52.9 Å². The van der Waals surface area contributed by atoms with Crippen molar-refractivity contribution < 1.29 is 4.79 Å². The molecule has 1 saturated carbocycles. The van der Waals surface area contributed by atoms with E-state index in [1.165, 1.54) is 25.7 Å². The molecule has 1 amide bonds. The van der Waals surface area contributed by atoms with Gasteiger partial charge in [0.2, 0.25) is 5.91 Å². The molecule has 1 rings (SSSR count). The maximum absolute atomic E-state index is 11.9. The van der Waals surface area contributed by atoms with E-state index in [0.29, 0.717) is 12.3 Å². The fourth-order valence-corrected chi connectivity index (χ4v) is 2.26. The third-order valence-corrected chi connectivity index (χ3v) is 4.14. The summed E-state index contributed by atoms with van der Waals surface area (Å²) in [6.07, 6.45) is 5.51. The number of rotatable bonds is 4. The molecule has 1 N–H and O–H groups in total. The SMILES string of the molecule is CCC(C)(C#N)C(=O)NCC1CCC(C)CC1. The number of carbonyl (C=O) groups is 1. The standard InChI is InChI=1S/C14H24N2O/c1-4-14(3,10-15)13(17)16-9-12-7-5-11(2)6-8-12/h11-12H,4-9H2,1-3H3,(H,16,17). The first kappa shape index (κ1) is 14.0. The van der Waals surface area contributed by atoms with Crippen molar-refractivity contribution >= 4 is 5.91 Å². The third kappa shape index (κ3) is 3.73. The fourth-order valence-electron chi connectivity index (χ4n) is 2.26. The lowest BCUT2D eigenvalue weighted by Gasteiger charge is -2.27. The van der Waals surface area contributed by atoms with Crippen molar-refractivity contribution in [3.05, 3.63) is 0 Å². The number of nitriles is 1. The maximum Gasteiger partial charge on any atom is 0.240 e. The van der Waals surface area contributed by atoms with Crippen LogP contribution >= 0.6 is 0 Å². The molecule has 0 radical (unpaired) electrons. The van der Waals surface area contributed by atoms with Crippen molar-refractivity contribution in [2.24, 2.45) is 17.3 Å². The monoisotopic (exact) mass is 236 g/mol. The minimum Gasteiger partial charge on any atom is -0.354 e. The number of amides is 1. The summed E-state index contributed by atoms with van der Waals surface area (Å²) in [4.78, 5) is 11.9. The Morgan fingerprint density at radius 2 is 2.00 bits per heavy atom. The van der Waals surface area contributed by atoms with Crippen molar-refractivity contribution in [3.8, 4) is 6.07 Å². The van der Waals surface area contributed by atoms with Crippen molar-refractivity contribution in [2.75, 3.05) is 6.54 Å². The molecule has 3 heteroatoms. The normalized spacial score (nSPS) is 27.9. The van der Waals surface area contributed by atoms with Gasteiger partial charge in [-0.05, 0) is 38.0 Å². The molecular weight excluding hydrogens is 212 g/mol. The zero-order valence-electron chi connectivity index (χ0n) is 11.3. The van der Waals surface area contributed by atoms with Crippen molar-refractivity contribution in [1.82, 2.24) is 5.32 Å². The number of nitrogens with zero attached hydrogens (tertiary/aromatic N) is 1. The molecule has 1 aliphatic carbocycles. The van der Waals surface area contributed by atoms with Gasteiger partial charge in [-0.25, -0.2) is 0 Å². The highest BCUT2D eigenvalue weighted by atomic mass is 16.2. The topological polar surface area (TPSA) is 52.9 Å². The molecule has 17 heavy (non-hydrogen) atoms. The van der Waals surface area contributed by atoms with Crippen LogP contribution in [0.25, 0.3) is 0 Å². The Bertz CT molecular complexity index is 300. The van der Waals surface area contributed by atoms with E-state index in [-0.39, 0.29) is 5.91 Å². The minimum absolute atomic E-state index is 0.110. The molecule has 0 aliphatic heterocycles. The summed E-state index contributed by atoms with van der Waals surface area (Å²) in [6, 6.07) is 2.11. The molecule has 0 saturated heterocycles. The van der Waals surface area contributed by atoms with Gasteiger partial charge in [0.15, 0.2) is 0 Å². The second-order valence-electron chi connectivity index (χ2n) is 5.63. The second kappa shape index (κ2) is 6.05. The van der Waals surface area contributed by atoms with Gasteiger partial charge in [-0.1, -0.05) is 26.7 Å². The summed E-state index contributed by atoms with van der Waals surface area (Å²) in [6.45, 7) is 6.62. The van der Waals surface area contributed by atoms with Crippen LogP contribution < -0.4 is 5.32 Å². The van der Waals surface area contributed by atoms with E-state index in [0.717, 1.165) is 12.5 Å². The van der Waals surface area contributed by atoms with Gasteiger partial charge in [-0.3, -0.25) is 4.79 Å². The predicted octanol–water partition coefficient (Wildman–Crippen LogP) is 2.87. The summed E-state index contributed by atoms with van der Waals surface area (Å²) in [5.74, 6) is 1.33. The van der Waals surface area contributed by atoms with E-state index in [4.69, 9.17) is 5.26 Å². The largest absolute Gasteiger partial charge is 0.354 e. The molecular formula is C14H24N2O. The molecule has 1 fully saturated rings. The first-order chi connectivity index (χ1) is 8.01. The highest BCUT2D eigenvalue weighted by molar-refractivity contribution is 5.84. The molecule has 1 unspecified atom stereocenters. The Balaban J connectivity index is 2.36. The number of nitrogens with one attached hydrogen (secondary N) is 1. The Morgan fingerprint density at radius 3 is 2.47 bits per heavy atom. The molecule has 0 bridgehead atoms. The van der Waals surface area contributed by atoms with E-state index in [2.05, 4.69) is 18.3 Å². The predicted molar refractivity (Wildman–Crippen MR) is 68.1 cm³/mol. The van der Waals surface area contributed by atoms with E-state index < -0.39 is 5.41 Å². The van der Waals surface area contributed by atoms with Crippen LogP contribution in [0.15, 0.2) is 0 Å². The Kier molecular flexibility index (Phi) is 4.99. The minimum atomic E-state index is -0.859. The van der Waals surface area contributed by atoms with Gasteiger partial charge in [-0.15, -0.1) is 0 Å². The van der Waals surface area contributed by atoms with Crippen LogP contribution in [0, 0.1) is 28.6 Å². The highest BCUT2D eigenvalue weighted by Crippen LogP contribution is 2.28. The lowest BCUT2D eigenvalue weighted by molar-refractivity contribution is -0.127. The van der Waals surface area contributed by atoms with Gasteiger partial charge in [-0.2, -0.15) is 5.26 Å². The lowest BCUT2D eigenvalue weighted by Crippen LogP contribution is -2.40. The average molecular weight is 236 g/mol. The maximum atomic E-state index is 11.9. The van der Waals surface area contributed by atoms with Gasteiger partial charge in [0.25, 0.3) is 0 Å². The molecule has 0 aromatic rings. The van der Waals surface area contributed by atoms with E-state index in [1.54, 1.807) is 6.92 Å². The van der Waals surface area contributed by atoms with Crippen LogP contribution in [-0.2, 0) is 4.79 Å². The van der Waals surface area contributed by atoms with Crippen LogP contribution in [0.2, 0.25) is 0 Å². The van der Waals surface area contributed by atoms with E-state index in [1.807, 2.05) is 6.92 Å². The second-order valence-corrected chi connectivity index (χ2v) is 5.63. The summed E-state index contributed by atoms with van der Waals surface area (Å²) < 4.78 is 0. The Morgan fingerprint density at radius 1 is 1.41 bits per heavy atom.